The molecule has 10 heteroatoms. The lowest BCUT2D eigenvalue weighted by Crippen LogP contribution is -2.30. The molecule has 5 aromatic carbocycles. The number of nitrogens with one attached hydrogen (secondary N) is 3. The number of anilines is 2. The summed E-state index contributed by atoms with van der Waals surface area (Å²) in [5.74, 6) is -1.27. The highest BCUT2D eigenvalue weighted by Gasteiger charge is 2.23. The van der Waals surface area contributed by atoms with Crippen LogP contribution in [-0.2, 0) is 9.59 Å². The minimum absolute atomic E-state index is 0.0411. The Hall–Kier alpha value is -4.53. The van der Waals surface area contributed by atoms with Crippen LogP contribution in [0.2, 0.25) is 15.1 Å². The summed E-state index contributed by atoms with van der Waals surface area (Å²) in [4.78, 5) is 40.9. The molecular formula is C36H26Cl3N3O3S. The van der Waals surface area contributed by atoms with E-state index in [-0.39, 0.29) is 16.6 Å². The van der Waals surface area contributed by atoms with Gasteiger partial charge in [-0.2, -0.15) is 0 Å². The first-order valence-corrected chi connectivity index (χ1v) is 16.0. The molecule has 3 N–H and O–H groups in total. The van der Waals surface area contributed by atoms with E-state index in [2.05, 4.69) is 16.0 Å². The molecule has 0 bridgehead atoms. The van der Waals surface area contributed by atoms with E-state index in [1.165, 1.54) is 17.8 Å². The van der Waals surface area contributed by atoms with Crippen LogP contribution in [-0.4, -0.2) is 17.7 Å². The van der Waals surface area contributed by atoms with E-state index in [1.807, 2.05) is 36.4 Å². The Kier molecular flexibility index (Phi) is 11.2. The van der Waals surface area contributed by atoms with Gasteiger partial charge in [0.15, 0.2) is 0 Å². The van der Waals surface area contributed by atoms with Gasteiger partial charge in [0.05, 0.1) is 10.0 Å². The number of halogens is 3. The fourth-order valence-corrected chi connectivity index (χ4v) is 5.93. The zero-order valence-corrected chi connectivity index (χ0v) is 27.1. The van der Waals surface area contributed by atoms with E-state index in [9.17, 15) is 14.4 Å². The van der Waals surface area contributed by atoms with E-state index in [0.29, 0.717) is 32.5 Å². The molecule has 0 saturated heterocycles. The van der Waals surface area contributed by atoms with Gasteiger partial charge in [0.25, 0.3) is 11.8 Å². The molecule has 5 rings (SSSR count). The van der Waals surface area contributed by atoms with Gasteiger partial charge in [-0.1, -0.05) is 102 Å². The molecule has 0 aliphatic rings. The Bertz CT molecular complexity index is 1890. The number of thioether (sulfide) groups is 1. The fourth-order valence-electron chi connectivity index (χ4n) is 4.35. The molecule has 0 saturated carbocycles. The Balaban J connectivity index is 1.39. The van der Waals surface area contributed by atoms with Gasteiger partial charge in [0, 0.05) is 26.9 Å². The van der Waals surface area contributed by atoms with E-state index in [4.69, 9.17) is 34.8 Å². The SMILES string of the molecule is O=C(Nc1cccc(SC(C(=O)Nc2ccc(Cl)cc2)c2ccccc2)c1)/C(=C\c1cccc(Cl)c1Cl)NC(=O)c1ccccc1. The summed E-state index contributed by atoms with van der Waals surface area (Å²) in [6.45, 7) is 0. The first-order valence-electron chi connectivity index (χ1n) is 14.0. The van der Waals surface area contributed by atoms with Gasteiger partial charge < -0.3 is 16.0 Å². The minimum Gasteiger partial charge on any atom is -0.325 e. The normalized spacial score (nSPS) is 11.8. The third kappa shape index (κ3) is 8.80. The lowest BCUT2D eigenvalue weighted by atomic mass is 10.1. The first kappa shape index (κ1) is 32.9. The molecule has 3 amide bonds. The topological polar surface area (TPSA) is 87.3 Å². The van der Waals surface area contributed by atoms with Crippen LogP contribution >= 0.6 is 46.6 Å². The molecule has 1 unspecified atom stereocenters. The van der Waals surface area contributed by atoms with Crippen LogP contribution in [0.4, 0.5) is 11.4 Å². The van der Waals surface area contributed by atoms with Gasteiger partial charge in [0.2, 0.25) is 5.91 Å². The second kappa shape index (κ2) is 15.7. The summed E-state index contributed by atoms with van der Waals surface area (Å²) >= 11 is 19.9. The van der Waals surface area contributed by atoms with Gasteiger partial charge in [-0.15, -0.1) is 11.8 Å². The Morgan fingerprint density at radius 1 is 0.674 bits per heavy atom. The highest BCUT2D eigenvalue weighted by molar-refractivity contribution is 8.00. The lowest BCUT2D eigenvalue weighted by Gasteiger charge is -2.18. The number of rotatable bonds is 10. The van der Waals surface area contributed by atoms with E-state index < -0.39 is 17.1 Å². The second-order valence-corrected chi connectivity index (χ2v) is 12.3. The smallest absolute Gasteiger partial charge is 0.272 e. The van der Waals surface area contributed by atoms with Crippen molar-refractivity contribution >= 4 is 81.7 Å². The molecule has 6 nitrogen and oxygen atoms in total. The van der Waals surface area contributed by atoms with Gasteiger partial charge in [-0.25, -0.2) is 0 Å². The fraction of sp³-hybridized carbons (Fsp3) is 0.0278. The van der Waals surface area contributed by atoms with Crippen molar-refractivity contribution in [3.8, 4) is 0 Å². The molecule has 230 valence electrons. The Morgan fingerprint density at radius 2 is 1.35 bits per heavy atom. The summed E-state index contributed by atoms with van der Waals surface area (Å²) in [6, 6.07) is 37.0. The predicted octanol–water partition coefficient (Wildman–Crippen LogP) is 9.53. The Labute approximate surface area is 285 Å². The van der Waals surface area contributed by atoms with Crippen molar-refractivity contribution in [2.75, 3.05) is 10.6 Å². The van der Waals surface area contributed by atoms with Crippen molar-refractivity contribution in [3.63, 3.8) is 0 Å². The molecule has 0 aliphatic carbocycles. The number of benzene rings is 5. The molecule has 0 spiro atoms. The third-order valence-electron chi connectivity index (χ3n) is 6.61. The number of hydrogen-bond donors (Lipinski definition) is 3. The van der Waals surface area contributed by atoms with Crippen molar-refractivity contribution in [1.82, 2.24) is 5.32 Å². The predicted molar refractivity (Wildman–Crippen MR) is 189 cm³/mol. The van der Waals surface area contributed by atoms with Crippen LogP contribution in [0.25, 0.3) is 6.08 Å². The first-order chi connectivity index (χ1) is 22.3. The molecule has 0 fully saturated rings. The number of carbonyl (C=O) groups excluding carboxylic acids is 3. The highest BCUT2D eigenvalue weighted by Crippen LogP contribution is 2.37. The quantitative estimate of drug-likeness (QED) is 0.101. The zero-order chi connectivity index (χ0) is 32.5. The van der Waals surface area contributed by atoms with E-state index >= 15 is 0 Å². The molecule has 1 atom stereocenters. The van der Waals surface area contributed by atoms with Crippen molar-refractivity contribution < 1.29 is 14.4 Å². The van der Waals surface area contributed by atoms with Crippen LogP contribution in [0, 0.1) is 0 Å². The van der Waals surface area contributed by atoms with Crippen LogP contribution in [0.15, 0.2) is 138 Å². The summed E-state index contributed by atoms with van der Waals surface area (Å²) in [6.07, 6.45) is 1.47. The Morgan fingerprint density at radius 3 is 2.07 bits per heavy atom. The average Bonchev–Trinajstić information content (AvgIpc) is 3.07. The monoisotopic (exact) mass is 685 g/mol. The molecule has 5 aromatic rings. The zero-order valence-electron chi connectivity index (χ0n) is 24.0. The maximum Gasteiger partial charge on any atom is 0.272 e. The van der Waals surface area contributed by atoms with E-state index in [0.717, 1.165) is 10.5 Å². The second-order valence-electron chi connectivity index (χ2n) is 9.91. The highest BCUT2D eigenvalue weighted by atomic mass is 35.5. The number of carbonyl (C=O) groups is 3. The summed E-state index contributed by atoms with van der Waals surface area (Å²) in [5.41, 5.74) is 2.67. The number of hydrogen-bond acceptors (Lipinski definition) is 4. The summed E-state index contributed by atoms with van der Waals surface area (Å²) in [7, 11) is 0. The van der Waals surface area contributed by atoms with Gasteiger partial charge in [-0.05, 0) is 77.9 Å². The molecule has 46 heavy (non-hydrogen) atoms. The molecular weight excluding hydrogens is 661 g/mol. The maximum absolute atomic E-state index is 13.6. The lowest BCUT2D eigenvalue weighted by molar-refractivity contribution is -0.116. The van der Waals surface area contributed by atoms with Crippen molar-refractivity contribution in [1.29, 1.82) is 0 Å². The minimum atomic E-state index is -0.603. The standard InChI is InChI=1S/C36H26Cl3N3O3S/c37-26-17-19-27(20-18-26)40-36(45)33(23-9-3-1-4-10-23)46-29-15-8-14-28(22-29)41-35(44)31(21-25-13-7-16-30(38)32(25)39)42-34(43)24-11-5-2-6-12-24/h1-22,33H,(H,40,45)(H,41,44)(H,42,43)/b31-21+. The molecule has 0 heterocycles. The van der Waals surface area contributed by atoms with Gasteiger partial charge in [-0.3, -0.25) is 14.4 Å². The molecule has 0 radical (unpaired) electrons. The van der Waals surface area contributed by atoms with Crippen LogP contribution in [0.1, 0.15) is 26.7 Å². The summed E-state index contributed by atoms with van der Waals surface area (Å²) < 4.78 is 0. The summed E-state index contributed by atoms with van der Waals surface area (Å²) in [5, 5.41) is 9.03. The largest absolute Gasteiger partial charge is 0.325 e. The molecule has 0 aromatic heterocycles. The van der Waals surface area contributed by atoms with Crippen molar-refractivity contribution in [3.05, 3.63) is 165 Å². The molecule has 0 aliphatic heterocycles. The third-order valence-corrected chi connectivity index (χ3v) is 8.94. The van der Waals surface area contributed by atoms with Crippen molar-refractivity contribution in [2.45, 2.75) is 10.1 Å². The van der Waals surface area contributed by atoms with Crippen LogP contribution in [0.3, 0.4) is 0 Å². The van der Waals surface area contributed by atoms with E-state index in [1.54, 1.807) is 91.0 Å². The van der Waals surface area contributed by atoms with Crippen molar-refractivity contribution in [2.24, 2.45) is 0 Å². The van der Waals surface area contributed by atoms with Crippen LogP contribution < -0.4 is 16.0 Å². The van der Waals surface area contributed by atoms with Gasteiger partial charge >= 0.3 is 0 Å². The van der Waals surface area contributed by atoms with Gasteiger partial charge in [0.1, 0.15) is 10.9 Å². The number of amides is 3. The average molecular weight is 687 g/mol. The maximum atomic E-state index is 13.6. The van der Waals surface area contributed by atoms with Crippen LogP contribution in [0.5, 0.6) is 0 Å².